The molecule has 0 radical (unpaired) electrons. The van der Waals surface area contributed by atoms with Crippen molar-refractivity contribution in [3.05, 3.63) is 29.6 Å². The molecule has 0 aromatic heterocycles. The third-order valence-corrected chi connectivity index (χ3v) is 3.87. The first kappa shape index (κ1) is 13.3. The fourth-order valence-electron chi connectivity index (χ4n) is 2.73. The van der Waals surface area contributed by atoms with Crippen molar-refractivity contribution >= 4 is 11.6 Å². The Kier molecular flexibility index (Phi) is 3.35. The van der Waals surface area contributed by atoms with Crippen LogP contribution in [-0.4, -0.2) is 42.9 Å². The summed E-state index contributed by atoms with van der Waals surface area (Å²) in [5.74, 6) is -1.12. The van der Waals surface area contributed by atoms with Gasteiger partial charge in [0.15, 0.2) is 5.79 Å². The van der Waals surface area contributed by atoms with Gasteiger partial charge >= 0.3 is 0 Å². The van der Waals surface area contributed by atoms with Crippen molar-refractivity contribution < 1.29 is 18.7 Å². The molecule has 0 aliphatic carbocycles. The number of halogens is 1. The Bertz CT molecular complexity index is 519. The summed E-state index contributed by atoms with van der Waals surface area (Å²) >= 11 is 0. The molecule has 0 bridgehead atoms. The maximum atomic E-state index is 13.0. The van der Waals surface area contributed by atoms with E-state index in [4.69, 9.17) is 15.2 Å². The van der Waals surface area contributed by atoms with Crippen LogP contribution in [0.4, 0.5) is 10.1 Å². The number of hydrogen-bond acceptors (Lipinski definition) is 4. The first-order valence-corrected chi connectivity index (χ1v) is 6.72. The van der Waals surface area contributed by atoms with E-state index in [-0.39, 0.29) is 11.6 Å². The zero-order valence-electron chi connectivity index (χ0n) is 11.1. The molecule has 5 nitrogen and oxygen atoms in total. The van der Waals surface area contributed by atoms with Gasteiger partial charge in [-0.3, -0.25) is 4.79 Å². The van der Waals surface area contributed by atoms with Crippen LogP contribution in [0.5, 0.6) is 0 Å². The molecule has 0 atom stereocenters. The minimum atomic E-state index is -0.509. The van der Waals surface area contributed by atoms with E-state index >= 15 is 0 Å². The van der Waals surface area contributed by atoms with Gasteiger partial charge in [0.2, 0.25) is 0 Å². The van der Waals surface area contributed by atoms with Crippen LogP contribution in [0.2, 0.25) is 0 Å². The Morgan fingerprint density at radius 1 is 1.25 bits per heavy atom. The Labute approximate surface area is 116 Å². The molecule has 2 saturated heterocycles. The molecule has 1 aromatic carbocycles. The molecule has 0 saturated carbocycles. The Morgan fingerprint density at radius 2 is 1.90 bits per heavy atom. The monoisotopic (exact) mass is 280 g/mol. The largest absolute Gasteiger partial charge is 0.398 e. The van der Waals surface area contributed by atoms with E-state index in [1.54, 1.807) is 4.90 Å². The summed E-state index contributed by atoms with van der Waals surface area (Å²) in [6, 6.07) is 3.85. The smallest absolute Gasteiger partial charge is 0.255 e. The maximum absolute atomic E-state index is 13.0. The highest BCUT2D eigenvalue weighted by atomic mass is 19.1. The summed E-state index contributed by atoms with van der Waals surface area (Å²) in [4.78, 5) is 14.1. The molecule has 6 heteroatoms. The second kappa shape index (κ2) is 5.03. The van der Waals surface area contributed by atoms with Crippen LogP contribution in [0, 0.1) is 5.82 Å². The Balaban J connectivity index is 1.69. The van der Waals surface area contributed by atoms with Gasteiger partial charge in [-0.1, -0.05) is 0 Å². The molecule has 20 heavy (non-hydrogen) atoms. The van der Waals surface area contributed by atoms with Crippen molar-refractivity contribution in [2.24, 2.45) is 0 Å². The number of hydrogen-bond donors (Lipinski definition) is 1. The highest BCUT2D eigenvalue weighted by molar-refractivity contribution is 5.99. The normalized spacial score (nSPS) is 21.4. The van der Waals surface area contributed by atoms with Crippen LogP contribution in [0.15, 0.2) is 18.2 Å². The lowest BCUT2D eigenvalue weighted by Gasteiger charge is -2.37. The van der Waals surface area contributed by atoms with Gasteiger partial charge in [0.05, 0.1) is 18.8 Å². The van der Waals surface area contributed by atoms with Gasteiger partial charge in [-0.15, -0.1) is 0 Å². The predicted octanol–water partition coefficient (Wildman–Crippen LogP) is 1.39. The van der Waals surface area contributed by atoms with E-state index in [1.807, 2.05) is 0 Å². The summed E-state index contributed by atoms with van der Waals surface area (Å²) in [6.45, 7) is 2.32. The summed E-state index contributed by atoms with van der Waals surface area (Å²) in [7, 11) is 0. The van der Waals surface area contributed by atoms with E-state index in [9.17, 15) is 9.18 Å². The van der Waals surface area contributed by atoms with Crippen molar-refractivity contribution in [2.75, 3.05) is 32.0 Å². The lowest BCUT2D eigenvalue weighted by atomic mass is 10.0. The number of nitrogens with two attached hydrogens (primary N) is 1. The average molecular weight is 280 g/mol. The van der Waals surface area contributed by atoms with Crippen molar-refractivity contribution in [1.82, 2.24) is 4.90 Å². The maximum Gasteiger partial charge on any atom is 0.255 e. The van der Waals surface area contributed by atoms with Crippen LogP contribution in [0.3, 0.4) is 0 Å². The molecule has 2 fully saturated rings. The highest BCUT2D eigenvalue weighted by Gasteiger charge is 2.41. The first-order chi connectivity index (χ1) is 9.60. The Hall–Kier alpha value is -1.66. The molecular formula is C14H17FN2O3. The van der Waals surface area contributed by atoms with Gasteiger partial charge in [-0.2, -0.15) is 0 Å². The molecule has 0 unspecified atom stereocenters. The average Bonchev–Trinajstić information content (AvgIpc) is 2.87. The van der Waals surface area contributed by atoms with Crippen molar-refractivity contribution in [3.63, 3.8) is 0 Å². The van der Waals surface area contributed by atoms with Gasteiger partial charge in [-0.05, 0) is 18.2 Å². The third kappa shape index (κ3) is 2.36. The molecule has 2 aliphatic heterocycles. The number of anilines is 1. The highest BCUT2D eigenvalue weighted by Crippen LogP contribution is 2.32. The second-order valence-corrected chi connectivity index (χ2v) is 5.13. The van der Waals surface area contributed by atoms with Crippen molar-refractivity contribution in [3.8, 4) is 0 Å². The molecule has 2 aliphatic rings. The second-order valence-electron chi connectivity index (χ2n) is 5.13. The number of nitrogens with zero attached hydrogens (tertiary/aromatic N) is 1. The number of likely N-dealkylation sites (tertiary alicyclic amines) is 1. The van der Waals surface area contributed by atoms with Crippen molar-refractivity contribution in [1.29, 1.82) is 0 Å². The van der Waals surface area contributed by atoms with Gasteiger partial charge in [-0.25, -0.2) is 4.39 Å². The number of benzene rings is 1. The summed E-state index contributed by atoms with van der Waals surface area (Å²) in [5.41, 5.74) is 6.22. The molecule has 3 rings (SSSR count). The standard InChI is InChI=1S/C14H17FN2O3/c15-10-1-2-11(12(16)9-10)13(18)17-5-3-14(4-6-17)19-7-8-20-14/h1-2,9H,3-8,16H2. The van der Waals surface area contributed by atoms with Gasteiger partial charge in [0.25, 0.3) is 5.91 Å². The number of carbonyl (C=O) groups is 1. The third-order valence-electron chi connectivity index (χ3n) is 3.87. The van der Waals surface area contributed by atoms with Crippen LogP contribution < -0.4 is 5.73 Å². The number of piperidine rings is 1. The lowest BCUT2D eigenvalue weighted by molar-refractivity contribution is -0.181. The number of nitrogen functional groups attached to an aromatic ring is 1. The molecular weight excluding hydrogens is 263 g/mol. The summed E-state index contributed by atoms with van der Waals surface area (Å²) in [5, 5.41) is 0. The first-order valence-electron chi connectivity index (χ1n) is 6.72. The van der Waals surface area contributed by atoms with E-state index in [0.29, 0.717) is 44.7 Å². The fraction of sp³-hybridized carbons (Fsp3) is 0.500. The number of rotatable bonds is 1. The molecule has 1 spiro atoms. The minimum Gasteiger partial charge on any atom is -0.398 e. The summed E-state index contributed by atoms with van der Waals surface area (Å²) < 4.78 is 24.3. The van der Waals surface area contributed by atoms with Crippen LogP contribution >= 0.6 is 0 Å². The quantitative estimate of drug-likeness (QED) is 0.789. The number of carbonyl (C=O) groups excluding carboxylic acids is 1. The number of amides is 1. The van der Waals surface area contributed by atoms with E-state index in [2.05, 4.69) is 0 Å². The molecule has 2 heterocycles. The molecule has 1 amide bonds. The molecule has 1 aromatic rings. The zero-order chi connectivity index (χ0) is 14.2. The van der Waals surface area contributed by atoms with Gasteiger partial charge < -0.3 is 20.1 Å². The Morgan fingerprint density at radius 3 is 2.50 bits per heavy atom. The topological polar surface area (TPSA) is 64.8 Å². The van der Waals surface area contributed by atoms with Crippen LogP contribution in [0.1, 0.15) is 23.2 Å². The molecule has 2 N–H and O–H groups in total. The van der Waals surface area contributed by atoms with E-state index < -0.39 is 11.6 Å². The van der Waals surface area contributed by atoms with Crippen LogP contribution in [0.25, 0.3) is 0 Å². The van der Waals surface area contributed by atoms with Gasteiger partial charge in [0, 0.05) is 31.6 Å². The lowest BCUT2D eigenvalue weighted by Crippen LogP contribution is -2.47. The minimum absolute atomic E-state index is 0.170. The van der Waals surface area contributed by atoms with Crippen molar-refractivity contribution in [2.45, 2.75) is 18.6 Å². The van der Waals surface area contributed by atoms with E-state index in [1.165, 1.54) is 18.2 Å². The van der Waals surface area contributed by atoms with E-state index in [0.717, 1.165) is 0 Å². The SMILES string of the molecule is Nc1cc(F)ccc1C(=O)N1CCC2(CC1)OCCO2. The summed E-state index contributed by atoms with van der Waals surface area (Å²) in [6.07, 6.45) is 1.31. The predicted molar refractivity (Wildman–Crippen MR) is 70.6 cm³/mol. The fourth-order valence-corrected chi connectivity index (χ4v) is 2.73. The van der Waals surface area contributed by atoms with Gasteiger partial charge in [0.1, 0.15) is 5.82 Å². The molecule has 108 valence electrons. The van der Waals surface area contributed by atoms with Crippen LogP contribution in [-0.2, 0) is 9.47 Å². The zero-order valence-corrected chi connectivity index (χ0v) is 11.1. The number of ether oxygens (including phenoxy) is 2.